The largest absolute Gasteiger partial charge is 0.387 e. The van der Waals surface area contributed by atoms with Crippen LogP contribution in [0, 0.1) is 0 Å². The summed E-state index contributed by atoms with van der Waals surface area (Å²) in [5, 5.41) is 12.1. The Bertz CT molecular complexity index is 1820. The number of aliphatic hydroxyl groups is 1. The predicted octanol–water partition coefficient (Wildman–Crippen LogP) is 8.36. The molecule has 0 saturated carbocycles. The second-order valence-corrected chi connectivity index (χ2v) is 15.2. The lowest BCUT2D eigenvalue weighted by atomic mass is 9.97. The maximum Gasteiger partial charge on any atom is 0.187 e. The molecule has 0 aromatic heterocycles. The molecule has 0 radical (unpaired) electrons. The monoisotopic (exact) mass is 762 g/mol. The minimum Gasteiger partial charge on any atom is -0.387 e. The maximum absolute atomic E-state index is 12.1. The van der Waals surface area contributed by atoms with Gasteiger partial charge in [-0.1, -0.05) is 151 Å². The van der Waals surface area contributed by atoms with Gasteiger partial charge in [0.1, 0.15) is 42.1 Å². The lowest BCUT2D eigenvalue weighted by Crippen LogP contribution is -2.64. The summed E-state index contributed by atoms with van der Waals surface area (Å²) in [6.45, 7) is 5.13. The third-order valence-electron chi connectivity index (χ3n) is 9.91. The van der Waals surface area contributed by atoms with Crippen LogP contribution in [-0.2, 0) is 59.6 Å². The van der Waals surface area contributed by atoms with Gasteiger partial charge in [-0.25, -0.2) is 0 Å². The molecule has 2 aliphatic rings. The van der Waals surface area contributed by atoms with Crippen LogP contribution < -0.4 is 0 Å². The fraction of sp³-hybridized carbons (Fsp3) is 0.348. The third-order valence-corrected chi connectivity index (χ3v) is 11.1. The van der Waals surface area contributed by atoms with Crippen LogP contribution in [0.15, 0.2) is 157 Å². The van der Waals surface area contributed by atoms with Gasteiger partial charge in [0.25, 0.3) is 0 Å². The molecule has 55 heavy (non-hydrogen) atoms. The normalized spacial score (nSPS) is 28.1. The number of rotatable bonds is 16. The molecule has 0 amide bonds. The van der Waals surface area contributed by atoms with E-state index in [4.69, 9.17) is 33.2 Å². The Balaban J connectivity index is 1.20. The molecule has 5 aromatic rings. The fourth-order valence-corrected chi connectivity index (χ4v) is 8.18. The second-order valence-electron chi connectivity index (χ2n) is 14.0. The highest BCUT2D eigenvalue weighted by Gasteiger charge is 2.52. The molecular weight excluding hydrogens is 713 g/mol. The van der Waals surface area contributed by atoms with Gasteiger partial charge in [0.15, 0.2) is 6.29 Å². The number of benzene rings is 5. The molecule has 288 valence electrons. The van der Waals surface area contributed by atoms with Crippen molar-refractivity contribution >= 4 is 11.8 Å². The van der Waals surface area contributed by atoms with E-state index in [9.17, 15) is 5.11 Å². The summed E-state index contributed by atoms with van der Waals surface area (Å²) in [4.78, 5) is 1.04. The number of hydrogen-bond acceptors (Lipinski definition) is 9. The van der Waals surface area contributed by atoms with Gasteiger partial charge in [0.2, 0.25) is 0 Å². The topological polar surface area (TPSA) is 84.8 Å². The van der Waals surface area contributed by atoms with Crippen molar-refractivity contribution in [1.29, 1.82) is 0 Å². The van der Waals surface area contributed by atoms with Gasteiger partial charge in [-0.2, -0.15) is 0 Å². The Hall–Kier alpha value is -3.87. The van der Waals surface area contributed by atoms with Crippen molar-refractivity contribution in [2.24, 2.45) is 0 Å². The van der Waals surface area contributed by atoms with Crippen molar-refractivity contribution in [3.63, 3.8) is 0 Å². The highest BCUT2D eigenvalue weighted by atomic mass is 32.2. The quantitative estimate of drug-likeness (QED) is 0.107. The highest BCUT2D eigenvalue weighted by molar-refractivity contribution is 7.99. The average molecular weight is 763 g/mol. The van der Waals surface area contributed by atoms with Crippen LogP contribution >= 0.6 is 11.8 Å². The molecule has 0 spiro atoms. The van der Waals surface area contributed by atoms with Crippen molar-refractivity contribution in [2.75, 3.05) is 0 Å². The first kappa shape index (κ1) is 39.4. The minimum absolute atomic E-state index is 0.240. The molecule has 7 rings (SSSR count). The molecule has 10 atom stereocenters. The number of hydrogen-bond donors (Lipinski definition) is 1. The standard InChI is InChI=1S/C46H50O8S/c1-32-40(48-28-34-18-8-3-9-19-34)39(47)42(50-30-36-22-12-5-13-23-36)45(52-32)54-43-41(49-29-35-20-10-4-11-21-35)33(2)53-46(55-38-26-16-7-17-27-38)44(43)51-31-37-24-14-6-15-25-37/h3-27,32-33,39-47H,28-31H2,1-2H3. The van der Waals surface area contributed by atoms with Gasteiger partial charge in [0.05, 0.1) is 38.6 Å². The summed E-state index contributed by atoms with van der Waals surface area (Å²) in [6, 6.07) is 50.0. The van der Waals surface area contributed by atoms with Crippen molar-refractivity contribution in [1.82, 2.24) is 0 Å². The zero-order chi connectivity index (χ0) is 37.8. The average Bonchev–Trinajstić information content (AvgIpc) is 3.22. The highest BCUT2D eigenvalue weighted by Crippen LogP contribution is 2.40. The van der Waals surface area contributed by atoms with E-state index in [-0.39, 0.29) is 12.7 Å². The zero-order valence-electron chi connectivity index (χ0n) is 31.2. The lowest BCUT2D eigenvalue weighted by Gasteiger charge is -2.49. The molecule has 5 aromatic carbocycles. The summed E-state index contributed by atoms with van der Waals surface area (Å²) >= 11 is 1.58. The Kier molecular flexibility index (Phi) is 14.2. The SMILES string of the molecule is CC1OC(OC2C(OCc3ccccc3)C(C)OC(Sc3ccccc3)C2OCc2ccccc2)C(OCc2ccccc2)C(O)C1OCc1ccccc1. The third kappa shape index (κ3) is 10.7. The summed E-state index contributed by atoms with van der Waals surface area (Å²) in [5.74, 6) is 0. The van der Waals surface area contributed by atoms with Crippen LogP contribution in [0.5, 0.6) is 0 Å². The minimum atomic E-state index is -1.07. The molecule has 2 aliphatic heterocycles. The van der Waals surface area contributed by atoms with Gasteiger partial charge in [-0.3, -0.25) is 0 Å². The van der Waals surface area contributed by atoms with Gasteiger partial charge in [-0.15, -0.1) is 0 Å². The van der Waals surface area contributed by atoms with Gasteiger partial charge in [0, 0.05) is 4.90 Å². The molecule has 2 saturated heterocycles. The van der Waals surface area contributed by atoms with Gasteiger partial charge in [-0.05, 0) is 48.2 Å². The predicted molar refractivity (Wildman–Crippen MR) is 212 cm³/mol. The van der Waals surface area contributed by atoms with E-state index in [1.807, 2.05) is 153 Å². The first-order valence-electron chi connectivity index (χ1n) is 19.0. The van der Waals surface area contributed by atoms with Crippen LogP contribution in [0.3, 0.4) is 0 Å². The van der Waals surface area contributed by atoms with Crippen LogP contribution in [0.4, 0.5) is 0 Å². The number of thioether (sulfide) groups is 1. The van der Waals surface area contributed by atoms with Crippen LogP contribution in [0.1, 0.15) is 36.1 Å². The van der Waals surface area contributed by atoms with Crippen molar-refractivity contribution in [3.8, 4) is 0 Å². The lowest BCUT2D eigenvalue weighted by molar-refractivity contribution is -0.348. The molecule has 0 aliphatic carbocycles. The Morgan fingerprint density at radius 3 is 1.31 bits per heavy atom. The van der Waals surface area contributed by atoms with E-state index in [0.29, 0.717) is 19.8 Å². The second kappa shape index (κ2) is 19.8. The first-order valence-corrected chi connectivity index (χ1v) is 19.9. The van der Waals surface area contributed by atoms with E-state index in [2.05, 4.69) is 12.1 Å². The van der Waals surface area contributed by atoms with E-state index >= 15 is 0 Å². The van der Waals surface area contributed by atoms with Crippen LogP contribution in [0.25, 0.3) is 0 Å². The van der Waals surface area contributed by atoms with Crippen molar-refractivity contribution < 1.29 is 38.3 Å². The molecule has 0 bridgehead atoms. The molecule has 9 heteroatoms. The smallest absolute Gasteiger partial charge is 0.187 e. The Morgan fingerprint density at radius 1 is 0.455 bits per heavy atom. The van der Waals surface area contributed by atoms with Crippen molar-refractivity contribution in [3.05, 3.63) is 174 Å². The van der Waals surface area contributed by atoms with E-state index in [1.165, 1.54) is 0 Å². The molecule has 2 fully saturated rings. The summed E-state index contributed by atoms with van der Waals surface area (Å²) < 4.78 is 47.0. The van der Waals surface area contributed by atoms with E-state index in [0.717, 1.165) is 27.1 Å². The number of ether oxygens (including phenoxy) is 7. The van der Waals surface area contributed by atoms with Crippen LogP contribution in [0.2, 0.25) is 0 Å². The van der Waals surface area contributed by atoms with Crippen molar-refractivity contribution in [2.45, 2.75) is 106 Å². The summed E-state index contributed by atoms with van der Waals surface area (Å²) in [7, 11) is 0. The first-order chi connectivity index (χ1) is 27.0. The Labute approximate surface area is 328 Å². The molecule has 10 unspecified atom stereocenters. The van der Waals surface area contributed by atoms with Gasteiger partial charge < -0.3 is 38.3 Å². The van der Waals surface area contributed by atoms with Crippen LogP contribution in [-0.4, -0.2) is 65.7 Å². The number of aliphatic hydroxyl groups excluding tert-OH is 1. The summed E-state index contributed by atoms with van der Waals surface area (Å²) in [6.07, 6.45) is -6.42. The van der Waals surface area contributed by atoms with E-state index in [1.54, 1.807) is 11.8 Å². The molecule has 8 nitrogen and oxygen atoms in total. The fourth-order valence-electron chi connectivity index (χ4n) is 7.00. The molecule has 1 N–H and O–H groups in total. The van der Waals surface area contributed by atoms with Gasteiger partial charge >= 0.3 is 0 Å². The zero-order valence-corrected chi connectivity index (χ0v) is 32.1. The molecule has 2 heterocycles. The maximum atomic E-state index is 12.1. The molecular formula is C46H50O8S. The Morgan fingerprint density at radius 2 is 0.836 bits per heavy atom. The summed E-state index contributed by atoms with van der Waals surface area (Å²) in [5.41, 5.74) is 3.54. The van der Waals surface area contributed by atoms with E-state index < -0.39 is 54.5 Å².